The van der Waals surface area contributed by atoms with Crippen LogP contribution in [0.15, 0.2) is 36.5 Å². The zero-order chi connectivity index (χ0) is 16.2. The normalized spacial score (nSPS) is 15.3. The molecular weight excluding hydrogens is 290 g/mol. The maximum atomic E-state index is 11.7. The van der Waals surface area contributed by atoms with Gasteiger partial charge in [-0.2, -0.15) is 0 Å². The van der Waals surface area contributed by atoms with E-state index < -0.39 is 0 Å². The largest absolute Gasteiger partial charge is 0.363 e. The van der Waals surface area contributed by atoms with Gasteiger partial charge in [0, 0.05) is 30.3 Å². The van der Waals surface area contributed by atoms with Gasteiger partial charge < -0.3 is 10.1 Å². The first-order valence-electron chi connectivity index (χ1n) is 7.61. The van der Waals surface area contributed by atoms with Crippen LogP contribution in [0.25, 0.3) is 11.1 Å². The van der Waals surface area contributed by atoms with Crippen LogP contribution in [0.3, 0.4) is 0 Å². The summed E-state index contributed by atoms with van der Waals surface area (Å²) in [6.45, 7) is 1.43. The molecule has 2 aromatic rings. The van der Waals surface area contributed by atoms with Crippen LogP contribution < -0.4 is 5.32 Å². The number of ketones is 1. The van der Waals surface area contributed by atoms with E-state index in [-0.39, 0.29) is 5.78 Å². The molecule has 0 amide bonds. The number of hydrogen-bond donors (Lipinski definition) is 1. The Bertz CT molecular complexity index is 726. The average Bonchev–Trinajstić information content (AvgIpc) is 2.53. The van der Waals surface area contributed by atoms with E-state index in [1.807, 2.05) is 42.4 Å². The van der Waals surface area contributed by atoms with Crippen molar-refractivity contribution in [2.75, 3.05) is 25.5 Å². The lowest BCUT2D eigenvalue weighted by molar-refractivity contribution is -0.118. The number of fused-ring (bicyclic) bond motifs is 1. The van der Waals surface area contributed by atoms with E-state index in [1.165, 1.54) is 0 Å². The Morgan fingerprint density at radius 3 is 2.74 bits per heavy atom. The van der Waals surface area contributed by atoms with Crippen LogP contribution in [0, 0.1) is 0 Å². The van der Waals surface area contributed by atoms with Gasteiger partial charge in [-0.25, -0.2) is 4.98 Å². The molecule has 1 N–H and O–H groups in total. The summed E-state index contributed by atoms with van der Waals surface area (Å²) in [4.78, 5) is 28.7. The Balaban J connectivity index is 1.90. The highest BCUT2D eigenvalue weighted by atomic mass is 16.1. The molecule has 0 saturated heterocycles. The number of carbonyl (C=O) groups is 2. The summed E-state index contributed by atoms with van der Waals surface area (Å²) in [7, 11) is 1.94. The molecule has 0 unspecified atom stereocenters. The molecule has 1 aromatic carbocycles. The summed E-state index contributed by atoms with van der Waals surface area (Å²) in [6.07, 6.45) is 3.16. The number of benzene rings is 1. The minimum Gasteiger partial charge on any atom is -0.363 e. The maximum absolute atomic E-state index is 11.7. The SMILES string of the molecule is CN1CC(=O)CNc2ncc(-c3ccc(CC=O)cc3)cc2C1. The molecule has 0 aliphatic carbocycles. The molecule has 0 spiro atoms. The first-order valence-corrected chi connectivity index (χ1v) is 7.61. The fraction of sp³-hybridized carbons (Fsp3) is 0.278. The van der Waals surface area contributed by atoms with Crippen molar-refractivity contribution in [3.63, 3.8) is 0 Å². The third-order valence-electron chi connectivity index (χ3n) is 3.91. The van der Waals surface area contributed by atoms with Gasteiger partial charge in [0.2, 0.25) is 0 Å². The first kappa shape index (κ1) is 15.4. The predicted molar refractivity (Wildman–Crippen MR) is 89.3 cm³/mol. The summed E-state index contributed by atoms with van der Waals surface area (Å²) < 4.78 is 0. The molecule has 23 heavy (non-hydrogen) atoms. The van der Waals surface area contributed by atoms with Crippen LogP contribution in [-0.2, 0) is 22.6 Å². The molecule has 0 bridgehead atoms. The van der Waals surface area contributed by atoms with E-state index in [4.69, 9.17) is 0 Å². The van der Waals surface area contributed by atoms with Crippen molar-refractivity contribution >= 4 is 17.9 Å². The van der Waals surface area contributed by atoms with Crippen molar-refractivity contribution in [1.82, 2.24) is 9.88 Å². The van der Waals surface area contributed by atoms with Gasteiger partial charge in [0.25, 0.3) is 0 Å². The van der Waals surface area contributed by atoms with Crippen molar-refractivity contribution in [3.8, 4) is 11.1 Å². The van der Waals surface area contributed by atoms with Gasteiger partial charge >= 0.3 is 0 Å². The van der Waals surface area contributed by atoms with Crippen molar-refractivity contribution in [2.24, 2.45) is 0 Å². The number of nitrogens with zero attached hydrogens (tertiary/aromatic N) is 2. The van der Waals surface area contributed by atoms with E-state index in [9.17, 15) is 9.59 Å². The Labute approximate surface area is 135 Å². The molecule has 5 heteroatoms. The van der Waals surface area contributed by atoms with Crippen molar-refractivity contribution in [1.29, 1.82) is 0 Å². The monoisotopic (exact) mass is 309 g/mol. The van der Waals surface area contributed by atoms with Gasteiger partial charge in [0.05, 0.1) is 13.1 Å². The molecule has 0 saturated carbocycles. The van der Waals surface area contributed by atoms with Gasteiger partial charge in [0.1, 0.15) is 12.1 Å². The van der Waals surface area contributed by atoms with Crippen LogP contribution in [0.5, 0.6) is 0 Å². The number of anilines is 1. The molecule has 5 nitrogen and oxygen atoms in total. The van der Waals surface area contributed by atoms with Gasteiger partial charge in [-0.1, -0.05) is 24.3 Å². The topological polar surface area (TPSA) is 62.3 Å². The maximum Gasteiger partial charge on any atom is 0.165 e. The van der Waals surface area contributed by atoms with Gasteiger partial charge in [0.15, 0.2) is 5.78 Å². The van der Waals surface area contributed by atoms with E-state index in [2.05, 4.69) is 16.4 Å². The Morgan fingerprint density at radius 2 is 2.00 bits per heavy atom. The van der Waals surface area contributed by atoms with Crippen molar-refractivity contribution in [3.05, 3.63) is 47.7 Å². The average molecular weight is 309 g/mol. The highest BCUT2D eigenvalue weighted by molar-refractivity contribution is 5.85. The molecule has 1 aromatic heterocycles. The molecule has 118 valence electrons. The molecule has 0 radical (unpaired) electrons. The van der Waals surface area contributed by atoms with E-state index in [0.29, 0.717) is 26.1 Å². The number of rotatable bonds is 3. The second-order valence-corrected chi connectivity index (χ2v) is 5.86. The second kappa shape index (κ2) is 6.71. The lowest BCUT2D eigenvalue weighted by Gasteiger charge is -2.22. The molecule has 1 aliphatic heterocycles. The van der Waals surface area contributed by atoms with Crippen LogP contribution in [0.2, 0.25) is 0 Å². The summed E-state index contributed by atoms with van der Waals surface area (Å²) in [6, 6.07) is 10.0. The van der Waals surface area contributed by atoms with Gasteiger partial charge in [-0.3, -0.25) is 9.69 Å². The standard InChI is InChI=1S/C18H19N3O2/c1-21-11-16-8-15(9-19-18(16)20-10-17(23)12-21)14-4-2-13(3-5-14)6-7-22/h2-5,7-9H,6,10-12H2,1H3,(H,19,20). The number of aldehydes is 1. The summed E-state index contributed by atoms with van der Waals surface area (Å²) in [5.41, 5.74) is 4.18. The minimum absolute atomic E-state index is 0.162. The van der Waals surface area contributed by atoms with Gasteiger partial charge in [-0.15, -0.1) is 0 Å². The Morgan fingerprint density at radius 1 is 1.22 bits per heavy atom. The number of Topliss-reactive ketones (excluding diaryl/α,β-unsaturated/α-hetero) is 1. The van der Waals surface area contributed by atoms with Crippen molar-refractivity contribution in [2.45, 2.75) is 13.0 Å². The van der Waals surface area contributed by atoms with Crippen molar-refractivity contribution < 1.29 is 9.59 Å². The van der Waals surface area contributed by atoms with E-state index >= 15 is 0 Å². The van der Waals surface area contributed by atoms with Gasteiger partial charge in [-0.05, 0) is 24.2 Å². The Hall–Kier alpha value is -2.53. The third kappa shape index (κ3) is 3.63. The molecule has 3 rings (SSSR count). The number of carbonyl (C=O) groups excluding carboxylic acids is 2. The minimum atomic E-state index is 0.162. The fourth-order valence-electron chi connectivity index (χ4n) is 2.76. The number of pyridine rings is 1. The lowest BCUT2D eigenvalue weighted by atomic mass is 10.0. The predicted octanol–water partition coefficient (Wildman–Crippen LogP) is 1.92. The zero-order valence-corrected chi connectivity index (χ0v) is 13.1. The second-order valence-electron chi connectivity index (χ2n) is 5.86. The molecular formula is C18H19N3O2. The number of hydrogen-bond acceptors (Lipinski definition) is 5. The summed E-state index contributed by atoms with van der Waals surface area (Å²) >= 11 is 0. The smallest absolute Gasteiger partial charge is 0.165 e. The van der Waals surface area contributed by atoms with Crippen LogP contribution >= 0.6 is 0 Å². The zero-order valence-electron chi connectivity index (χ0n) is 13.1. The fourth-order valence-corrected chi connectivity index (χ4v) is 2.76. The third-order valence-corrected chi connectivity index (χ3v) is 3.91. The molecule has 1 aliphatic rings. The van der Waals surface area contributed by atoms with Crippen LogP contribution in [0.4, 0.5) is 5.82 Å². The quantitative estimate of drug-likeness (QED) is 0.878. The summed E-state index contributed by atoms with van der Waals surface area (Å²) in [5.74, 6) is 0.931. The number of nitrogens with one attached hydrogen (secondary N) is 1. The first-order chi connectivity index (χ1) is 11.2. The molecule has 0 atom stereocenters. The van der Waals surface area contributed by atoms with E-state index in [1.54, 1.807) is 0 Å². The van der Waals surface area contributed by atoms with Crippen LogP contribution in [0.1, 0.15) is 11.1 Å². The highest BCUT2D eigenvalue weighted by Crippen LogP contribution is 2.25. The Kier molecular flexibility index (Phi) is 4.48. The number of likely N-dealkylation sites (N-methyl/N-ethyl adjacent to an activating group) is 1. The molecule has 0 fully saturated rings. The van der Waals surface area contributed by atoms with E-state index in [0.717, 1.165) is 34.4 Å². The highest BCUT2D eigenvalue weighted by Gasteiger charge is 2.16. The number of aromatic nitrogens is 1. The van der Waals surface area contributed by atoms with Crippen LogP contribution in [-0.4, -0.2) is 42.1 Å². The lowest BCUT2D eigenvalue weighted by Crippen LogP contribution is -2.32. The summed E-state index contributed by atoms with van der Waals surface area (Å²) in [5, 5.41) is 3.11. The molecule has 2 heterocycles.